The topological polar surface area (TPSA) is 46.2 Å². The Balaban J connectivity index is 1.64. The molecule has 1 fully saturated rings. The molecule has 1 aliphatic heterocycles. The van der Waals surface area contributed by atoms with Gasteiger partial charge in [0, 0.05) is 23.3 Å². The SMILES string of the molecule is Cc1ccccc1-n1c(C)cc(C2C(c3ccccn3)NC(=S)N2Cc2ccco2)c1C. The zero-order chi connectivity index (χ0) is 22.2. The van der Waals surface area contributed by atoms with E-state index in [0.29, 0.717) is 11.7 Å². The highest BCUT2D eigenvalue weighted by Gasteiger charge is 2.41. The summed E-state index contributed by atoms with van der Waals surface area (Å²) in [6, 6.07) is 20.7. The van der Waals surface area contributed by atoms with Crippen LogP contribution in [-0.2, 0) is 6.54 Å². The fraction of sp³-hybridized carbons (Fsp3) is 0.231. The number of hydrogen-bond donors (Lipinski definition) is 1. The lowest BCUT2D eigenvalue weighted by Gasteiger charge is -2.27. The largest absolute Gasteiger partial charge is 0.467 e. The molecule has 5 nitrogen and oxygen atoms in total. The van der Waals surface area contributed by atoms with Gasteiger partial charge in [0.1, 0.15) is 5.76 Å². The summed E-state index contributed by atoms with van der Waals surface area (Å²) < 4.78 is 8.00. The molecule has 1 aliphatic rings. The van der Waals surface area contributed by atoms with Gasteiger partial charge in [-0.25, -0.2) is 0 Å². The highest BCUT2D eigenvalue weighted by Crippen LogP contribution is 2.42. The molecule has 4 heterocycles. The minimum atomic E-state index is -0.0514. The van der Waals surface area contributed by atoms with Crippen molar-refractivity contribution in [3.05, 3.63) is 107 Å². The quantitative estimate of drug-likeness (QED) is 0.410. The maximum Gasteiger partial charge on any atom is 0.170 e. The van der Waals surface area contributed by atoms with Gasteiger partial charge < -0.3 is 19.2 Å². The monoisotopic (exact) mass is 442 g/mol. The van der Waals surface area contributed by atoms with Crippen LogP contribution in [0.4, 0.5) is 0 Å². The summed E-state index contributed by atoms with van der Waals surface area (Å²) in [7, 11) is 0. The molecular formula is C26H26N4OS. The van der Waals surface area contributed by atoms with Gasteiger partial charge in [0.2, 0.25) is 0 Å². The van der Waals surface area contributed by atoms with Crippen LogP contribution < -0.4 is 5.32 Å². The van der Waals surface area contributed by atoms with Gasteiger partial charge in [0.15, 0.2) is 5.11 Å². The lowest BCUT2D eigenvalue weighted by atomic mass is 9.96. The summed E-state index contributed by atoms with van der Waals surface area (Å²) in [5.41, 5.74) is 7.06. The molecule has 0 aliphatic carbocycles. The highest BCUT2D eigenvalue weighted by atomic mass is 32.1. The van der Waals surface area contributed by atoms with E-state index in [4.69, 9.17) is 16.6 Å². The molecule has 1 saturated heterocycles. The van der Waals surface area contributed by atoms with Gasteiger partial charge in [0.25, 0.3) is 0 Å². The van der Waals surface area contributed by atoms with Gasteiger partial charge in [-0.15, -0.1) is 0 Å². The molecule has 2 atom stereocenters. The lowest BCUT2D eigenvalue weighted by Crippen LogP contribution is -2.29. The maximum atomic E-state index is 5.80. The first-order valence-electron chi connectivity index (χ1n) is 10.8. The molecule has 0 bridgehead atoms. The smallest absolute Gasteiger partial charge is 0.170 e. The van der Waals surface area contributed by atoms with Crippen molar-refractivity contribution in [1.82, 2.24) is 19.8 Å². The van der Waals surface area contributed by atoms with Crippen molar-refractivity contribution in [2.24, 2.45) is 0 Å². The summed E-state index contributed by atoms with van der Waals surface area (Å²) in [4.78, 5) is 6.87. The van der Waals surface area contributed by atoms with E-state index in [1.807, 2.05) is 30.5 Å². The number of nitrogens with one attached hydrogen (secondary N) is 1. The molecule has 4 aromatic rings. The van der Waals surface area contributed by atoms with Gasteiger partial charge in [-0.2, -0.15) is 0 Å². The molecule has 0 saturated carbocycles. The molecule has 5 rings (SSSR count). The molecule has 32 heavy (non-hydrogen) atoms. The summed E-state index contributed by atoms with van der Waals surface area (Å²) in [5, 5.41) is 4.24. The Bertz CT molecular complexity index is 1250. The molecule has 0 amide bonds. The van der Waals surface area contributed by atoms with Crippen molar-refractivity contribution in [2.75, 3.05) is 0 Å². The number of aryl methyl sites for hydroxylation is 2. The van der Waals surface area contributed by atoms with Crippen LogP contribution in [0.3, 0.4) is 0 Å². The third-order valence-corrected chi connectivity index (χ3v) is 6.60. The third-order valence-electron chi connectivity index (χ3n) is 6.25. The molecular weight excluding hydrogens is 416 g/mol. The van der Waals surface area contributed by atoms with E-state index in [1.54, 1.807) is 6.26 Å². The molecule has 6 heteroatoms. The maximum absolute atomic E-state index is 5.80. The van der Waals surface area contributed by atoms with E-state index in [9.17, 15) is 0 Å². The normalized spacial score (nSPS) is 18.2. The number of furan rings is 1. The zero-order valence-electron chi connectivity index (χ0n) is 18.4. The average Bonchev–Trinajstić information content (AvgIpc) is 3.49. The number of benzene rings is 1. The van der Waals surface area contributed by atoms with Crippen molar-refractivity contribution >= 4 is 17.3 Å². The van der Waals surface area contributed by atoms with Crippen LogP contribution in [0, 0.1) is 20.8 Å². The van der Waals surface area contributed by atoms with Crippen molar-refractivity contribution in [3.63, 3.8) is 0 Å². The lowest BCUT2D eigenvalue weighted by molar-refractivity contribution is 0.286. The molecule has 0 radical (unpaired) electrons. The first kappa shape index (κ1) is 20.5. The fourth-order valence-corrected chi connectivity index (χ4v) is 5.06. The van der Waals surface area contributed by atoms with E-state index in [2.05, 4.69) is 76.9 Å². The first-order chi connectivity index (χ1) is 15.5. The van der Waals surface area contributed by atoms with Crippen LogP contribution in [0.15, 0.2) is 77.5 Å². The van der Waals surface area contributed by atoms with E-state index >= 15 is 0 Å². The number of thiocarbonyl (C=S) groups is 1. The number of para-hydroxylation sites is 1. The molecule has 162 valence electrons. The third kappa shape index (κ3) is 3.50. The van der Waals surface area contributed by atoms with E-state index < -0.39 is 0 Å². The zero-order valence-corrected chi connectivity index (χ0v) is 19.3. The fourth-order valence-electron chi connectivity index (χ4n) is 4.76. The van der Waals surface area contributed by atoms with Crippen LogP contribution in [-0.4, -0.2) is 19.6 Å². The average molecular weight is 443 g/mol. The Morgan fingerprint density at radius 3 is 2.56 bits per heavy atom. The number of nitrogens with zero attached hydrogens (tertiary/aromatic N) is 3. The van der Waals surface area contributed by atoms with Crippen LogP contribution >= 0.6 is 12.2 Å². The second-order valence-electron chi connectivity index (χ2n) is 8.28. The van der Waals surface area contributed by atoms with E-state index in [1.165, 1.54) is 28.2 Å². The molecule has 2 unspecified atom stereocenters. The Morgan fingerprint density at radius 1 is 1.03 bits per heavy atom. The highest BCUT2D eigenvalue weighted by molar-refractivity contribution is 7.80. The molecule has 3 aromatic heterocycles. The molecule has 1 aromatic carbocycles. The van der Waals surface area contributed by atoms with Crippen LogP contribution in [0.1, 0.15) is 46.1 Å². The second-order valence-corrected chi connectivity index (χ2v) is 8.67. The van der Waals surface area contributed by atoms with Gasteiger partial charge in [-0.1, -0.05) is 24.3 Å². The standard InChI is InChI=1S/C26H26N4OS/c1-17-9-4-5-12-23(17)30-18(2)15-21(19(30)3)25-24(22-11-6-7-13-27-22)28-26(32)29(25)16-20-10-8-14-31-20/h4-15,24-25H,16H2,1-3H3,(H,28,32). The van der Waals surface area contributed by atoms with Gasteiger partial charge in [0.05, 0.1) is 30.6 Å². The number of pyridine rings is 1. The van der Waals surface area contributed by atoms with E-state index in [-0.39, 0.29) is 12.1 Å². The van der Waals surface area contributed by atoms with Crippen molar-refractivity contribution in [2.45, 2.75) is 39.4 Å². The van der Waals surface area contributed by atoms with Gasteiger partial charge in [-0.3, -0.25) is 4.98 Å². The minimum Gasteiger partial charge on any atom is -0.467 e. The summed E-state index contributed by atoms with van der Waals surface area (Å²) in [6.45, 7) is 7.11. The number of rotatable bonds is 5. The number of hydrogen-bond acceptors (Lipinski definition) is 3. The van der Waals surface area contributed by atoms with Crippen LogP contribution in [0.25, 0.3) is 5.69 Å². The van der Waals surface area contributed by atoms with Gasteiger partial charge in [-0.05, 0) is 80.5 Å². The molecule has 0 spiro atoms. The van der Waals surface area contributed by atoms with Crippen molar-refractivity contribution < 1.29 is 4.42 Å². The molecule has 1 N–H and O–H groups in total. The summed E-state index contributed by atoms with van der Waals surface area (Å²) in [5.74, 6) is 0.883. The van der Waals surface area contributed by atoms with E-state index in [0.717, 1.165) is 11.5 Å². The van der Waals surface area contributed by atoms with Crippen molar-refractivity contribution in [3.8, 4) is 5.69 Å². The van der Waals surface area contributed by atoms with Gasteiger partial charge >= 0.3 is 0 Å². The predicted octanol–water partition coefficient (Wildman–Crippen LogP) is 5.56. The summed E-state index contributed by atoms with van der Waals surface area (Å²) >= 11 is 5.80. The Hall–Kier alpha value is -3.38. The predicted molar refractivity (Wildman–Crippen MR) is 130 cm³/mol. The van der Waals surface area contributed by atoms with Crippen LogP contribution in [0.2, 0.25) is 0 Å². The number of aromatic nitrogens is 2. The van der Waals surface area contributed by atoms with Crippen LogP contribution in [0.5, 0.6) is 0 Å². The van der Waals surface area contributed by atoms with Crippen molar-refractivity contribution in [1.29, 1.82) is 0 Å². The Labute approximate surface area is 193 Å². The minimum absolute atomic E-state index is 0.00790. The Morgan fingerprint density at radius 2 is 1.84 bits per heavy atom. The Kier molecular flexibility index (Phi) is 5.31. The summed E-state index contributed by atoms with van der Waals surface area (Å²) in [6.07, 6.45) is 3.54. The first-order valence-corrected chi connectivity index (χ1v) is 11.2. The second kappa shape index (κ2) is 8.28.